The van der Waals surface area contributed by atoms with E-state index in [2.05, 4.69) is 64.9 Å². The van der Waals surface area contributed by atoms with Gasteiger partial charge in [0.05, 0.1) is 0 Å². The van der Waals surface area contributed by atoms with Gasteiger partial charge in [-0.1, -0.05) is 33.6 Å². The summed E-state index contributed by atoms with van der Waals surface area (Å²) in [5, 5.41) is 0.938. The smallest absolute Gasteiger partial charge is 0.0408 e. The molecule has 1 heterocycles. The third-order valence-corrected chi connectivity index (χ3v) is 4.45. The minimum absolute atomic E-state index is 0.684. The second-order valence-electron chi connectivity index (χ2n) is 5.47. The minimum Gasteiger partial charge on any atom is -0.370 e. The van der Waals surface area contributed by atoms with Gasteiger partial charge >= 0.3 is 0 Å². The Hall–Kier alpha value is -0.540. The zero-order valence-electron chi connectivity index (χ0n) is 11.6. The number of hydrogen-bond donors (Lipinski definition) is 0. The van der Waals surface area contributed by atoms with Gasteiger partial charge in [0.25, 0.3) is 0 Å². The first kappa shape index (κ1) is 13.9. The summed E-state index contributed by atoms with van der Waals surface area (Å²) in [6.07, 6.45) is 2.61. The van der Waals surface area contributed by atoms with Gasteiger partial charge in [-0.3, -0.25) is 0 Å². The summed E-state index contributed by atoms with van der Waals surface area (Å²) >= 11 is 3.62. The molecular weight excluding hydrogens is 288 g/mol. The normalized spacial score (nSPS) is 20.5. The molecule has 0 spiro atoms. The first-order valence-electron chi connectivity index (χ1n) is 6.68. The van der Waals surface area contributed by atoms with Crippen molar-refractivity contribution in [3.8, 4) is 0 Å². The van der Waals surface area contributed by atoms with Gasteiger partial charge in [0.2, 0.25) is 0 Å². The Kier molecular flexibility index (Phi) is 4.68. The van der Waals surface area contributed by atoms with Crippen LogP contribution in [-0.4, -0.2) is 38.1 Å². The standard InChI is InChI=1S/C15H23BrN2/c1-12-6-7-15(13(9-12)10-16)18-8-4-5-14(11-18)17(2)3/h6-7,9,14H,4-5,8,10-11H2,1-3H3. The average molecular weight is 311 g/mol. The van der Waals surface area contributed by atoms with Crippen molar-refractivity contribution >= 4 is 21.6 Å². The van der Waals surface area contributed by atoms with E-state index in [9.17, 15) is 0 Å². The highest BCUT2D eigenvalue weighted by atomic mass is 79.9. The van der Waals surface area contributed by atoms with Crippen molar-refractivity contribution in [2.45, 2.75) is 31.1 Å². The maximum atomic E-state index is 3.62. The largest absolute Gasteiger partial charge is 0.370 e. The highest BCUT2D eigenvalue weighted by Crippen LogP contribution is 2.27. The predicted molar refractivity (Wildman–Crippen MR) is 82.7 cm³/mol. The molecule has 2 rings (SSSR count). The van der Waals surface area contributed by atoms with E-state index in [4.69, 9.17) is 0 Å². The lowest BCUT2D eigenvalue weighted by molar-refractivity contribution is 0.258. The zero-order valence-corrected chi connectivity index (χ0v) is 13.2. The highest BCUT2D eigenvalue weighted by molar-refractivity contribution is 9.08. The number of anilines is 1. The molecule has 0 saturated carbocycles. The summed E-state index contributed by atoms with van der Waals surface area (Å²) in [5.74, 6) is 0. The number of rotatable bonds is 3. The molecule has 100 valence electrons. The van der Waals surface area contributed by atoms with Crippen LogP contribution in [0.1, 0.15) is 24.0 Å². The zero-order chi connectivity index (χ0) is 13.1. The van der Waals surface area contributed by atoms with E-state index in [-0.39, 0.29) is 0 Å². The van der Waals surface area contributed by atoms with Crippen LogP contribution in [0.2, 0.25) is 0 Å². The van der Waals surface area contributed by atoms with Gasteiger partial charge in [0, 0.05) is 30.1 Å². The van der Waals surface area contributed by atoms with Crippen LogP contribution in [0.4, 0.5) is 5.69 Å². The Morgan fingerprint density at radius 1 is 1.39 bits per heavy atom. The summed E-state index contributed by atoms with van der Waals surface area (Å²) in [6.45, 7) is 4.50. The fourth-order valence-electron chi connectivity index (χ4n) is 2.72. The molecule has 0 aliphatic carbocycles. The molecule has 0 aromatic heterocycles. The van der Waals surface area contributed by atoms with E-state index in [0.717, 1.165) is 11.9 Å². The van der Waals surface area contributed by atoms with Crippen molar-refractivity contribution in [1.82, 2.24) is 4.90 Å². The second-order valence-corrected chi connectivity index (χ2v) is 6.03. The number of likely N-dealkylation sites (N-methyl/N-ethyl adjacent to an activating group) is 1. The summed E-state index contributed by atoms with van der Waals surface area (Å²) in [6, 6.07) is 7.48. The summed E-state index contributed by atoms with van der Waals surface area (Å²) in [5.41, 5.74) is 4.16. The molecule has 0 radical (unpaired) electrons. The number of hydrogen-bond acceptors (Lipinski definition) is 2. The lowest BCUT2D eigenvalue weighted by atomic mass is 10.0. The van der Waals surface area contributed by atoms with E-state index in [1.165, 1.54) is 36.2 Å². The molecule has 0 N–H and O–H groups in total. The van der Waals surface area contributed by atoms with Crippen LogP contribution >= 0.6 is 15.9 Å². The minimum atomic E-state index is 0.684. The Balaban J connectivity index is 2.20. The quantitative estimate of drug-likeness (QED) is 0.789. The first-order valence-corrected chi connectivity index (χ1v) is 7.81. The Morgan fingerprint density at radius 3 is 2.83 bits per heavy atom. The van der Waals surface area contributed by atoms with Crippen LogP contribution in [0.5, 0.6) is 0 Å². The topological polar surface area (TPSA) is 6.48 Å². The molecule has 0 bridgehead atoms. The van der Waals surface area contributed by atoms with Crippen molar-refractivity contribution in [3.63, 3.8) is 0 Å². The van der Waals surface area contributed by atoms with E-state index < -0.39 is 0 Å². The van der Waals surface area contributed by atoms with Gasteiger partial charge in [-0.25, -0.2) is 0 Å². The third kappa shape index (κ3) is 3.07. The molecular formula is C15H23BrN2. The SMILES string of the molecule is Cc1ccc(N2CCCC(N(C)C)C2)c(CBr)c1. The van der Waals surface area contributed by atoms with Crippen molar-refractivity contribution in [2.75, 3.05) is 32.1 Å². The average Bonchev–Trinajstić information content (AvgIpc) is 2.38. The third-order valence-electron chi connectivity index (χ3n) is 3.85. The van der Waals surface area contributed by atoms with Crippen molar-refractivity contribution < 1.29 is 0 Å². The van der Waals surface area contributed by atoms with Crippen LogP contribution < -0.4 is 4.90 Å². The first-order chi connectivity index (χ1) is 8.61. The number of alkyl halides is 1. The molecule has 1 aromatic carbocycles. The van der Waals surface area contributed by atoms with E-state index >= 15 is 0 Å². The molecule has 1 unspecified atom stereocenters. The molecule has 1 fully saturated rings. The van der Waals surface area contributed by atoms with Crippen LogP contribution in [0.25, 0.3) is 0 Å². The highest BCUT2D eigenvalue weighted by Gasteiger charge is 2.22. The van der Waals surface area contributed by atoms with E-state index in [1.807, 2.05) is 0 Å². The summed E-state index contributed by atoms with van der Waals surface area (Å²) in [7, 11) is 4.38. The lowest BCUT2D eigenvalue weighted by Crippen LogP contribution is -2.45. The number of benzene rings is 1. The lowest BCUT2D eigenvalue weighted by Gasteiger charge is -2.38. The molecule has 1 atom stereocenters. The molecule has 1 saturated heterocycles. The Labute approximate surface area is 119 Å². The number of piperidine rings is 1. The Morgan fingerprint density at radius 2 is 2.17 bits per heavy atom. The van der Waals surface area contributed by atoms with Gasteiger partial charge in [0.15, 0.2) is 0 Å². The monoisotopic (exact) mass is 310 g/mol. The molecule has 1 aromatic rings. The maximum Gasteiger partial charge on any atom is 0.0408 e. The summed E-state index contributed by atoms with van der Waals surface area (Å²) < 4.78 is 0. The van der Waals surface area contributed by atoms with E-state index in [0.29, 0.717) is 6.04 Å². The van der Waals surface area contributed by atoms with Crippen LogP contribution in [0, 0.1) is 6.92 Å². The van der Waals surface area contributed by atoms with Gasteiger partial charge < -0.3 is 9.80 Å². The van der Waals surface area contributed by atoms with Gasteiger partial charge in [-0.15, -0.1) is 0 Å². The molecule has 3 heteroatoms. The van der Waals surface area contributed by atoms with Gasteiger partial charge in [0.1, 0.15) is 0 Å². The van der Waals surface area contributed by atoms with Gasteiger partial charge in [-0.2, -0.15) is 0 Å². The van der Waals surface area contributed by atoms with Crippen molar-refractivity contribution in [3.05, 3.63) is 29.3 Å². The molecule has 0 amide bonds. The number of halogens is 1. The predicted octanol–water partition coefficient (Wildman–Crippen LogP) is 3.42. The van der Waals surface area contributed by atoms with E-state index in [1.54, 1.807) is 0 Å². The second kappa shape index (κ2) is 6.07. The molecule has 2 nitrogen and oxygen atoms in total. The Bertz CT molecular complexity index is 403. The molecule has 18 heavy (non-hydrogen) atoms. The summed E-state index contributed by atoms with van der Waals surface area (Å²) in [4.78, 5) is 4.90. The fraction of sp³-hybridized carbons (Fsp3) is 0.600. The number of nitrogens with zero attached hydrogens (tertiary/aromatic N) is 2. The maximum absolute atomic E-state index is 3.62. The van der Waals surface area contributed by atoms with Crippen molar-refractivity contribution in [1.29, 1.82) is 0 Å². The molecule has 1 aliphatic heterocycles. The van der Waals surface area contributed by atoms with Crippen molar-refractivity contribution in [2.24, 2.45) is 0 Å². The molecule has 1 aliphatic rings. The van der Waals surface area contributed by atoms with Gasteiger partial charge in [-0.05, 0) is 45.5 Å². The fourth-order valence-corrected chi connectivity index (χ4v) is 3.17. The van der Waals surface area contributed by atoms with Crippen LogP contribution in [0.15, 0.2) is 18.2 Å². The van der Waals surface area contributed by atoms with Crippen LogP contribution in [-0.2, 0) is 5.33 Å². The van der Waals surface area contributed by atoms with Crippen LogP contribution in [0.3, 0.4) is 0 Å². The number of aryl methyl sites for hydroxylation is 1.